The lowest BCUT2D eigenvalue weighted by Gasteiger charge is -2.17. The molecule has 3 aromatic rings. The summed E-state index contributed by atoms with van der Waals surface area (Å²) in [7, 11) is 0. The van der Waals surface area contributed by atoms with Crippen LogP contribution in [0.5, 0.6) is 17.2 Å². The van der Waals surface area contributed by atoms with Gasteiger partial charge in [0.2, 0.25) is 0 Å². The molecule has 4 rings (SSSR count). The molecule has 162 valence electrons. The fraction of sp³-hybridized carbons (Fsp3) is 0.250. The Bertz CT molecular complexity index is 1010. The van der Waals surface area contributed by atoms with E-state index in [2.05, 4.69) is 4.74 Å². The van der Waals surface area contributed by atoms with Crippen LogP contribution in [0.4, 0.5) is 17.6 Å². The van der Waals surface area contributed by atoms with Crippen molar-refractivity contribution in [1.82, 2.24) is 0 Å². The summed E-state index contributed by atoms with van der Waals surface area (Å²) in [5.41, 5.74) is 1.46. The van der Waals surface area contributed by atoms with Crippen molar-refractivity contribution >= 4 is 0 Å². The largest absolute Gasteiger partial charge is 0.573 e. The predicted octanol–water partition coefficient (Wildman–Crippen LogP) is 6.77. The molecule has 3 nitrogen and oxygen atoms in total. The van der Waals surface area contributed by atoms with Crippen molar-refractivity contribution in [2.45, 2.75) is 31.2 Å². The van der Waals surface area contributed by atoms with E-state index >= 15 is 0 Å². The van der Waals surface area contributed by atoms with Crippen LogP contribution in [-0.4, -0.2) is 13.0 Å². The van der Waals surface area contributed by atoms with E-state index in [4.69, 9.17) is 9.47 Å². The molecule has 1 saturated carbocycles. The van der Waals surface area contributed by atoms with Crippen molar-refractivity contribution in [3.05, 3.63) is 89.7 Å². The van der Waals surface area contributed by atoms with Crippen molar-refractivity contribution in [2.24, 2.45) is 0 Å². The highest BCUT2D eigenvalue weighted by Gasteiger charge is 2.44. The van der Waals surface area contributed by atoms with Gasteiger partial charge in [0.25, 0.3) is 0 Å². The number of para-hydroxylation sites is 1. The van der Waals surface area contributed by atoms with Crippen LogP contribution in [0, 0.1) is 5.82 Å². The predicted molar refractivity (Wildman–Crippen MR) is 107 cm³/mol. The standard InChI is InChI=1S/C24H20F4O3/c25-21-11-6-17(14-22(21)30-19-4-2-1-3-5-19)15-29-16-23(12-13-23)18-7-9-20(10-8-18)31-24(26,27)28/h1-11,14H,12-13,15-16H2. The van der Waals surface area contributed by atoms with Crippen LogP contribution in [0.3, 0.4) is 0 Å². The summed E-state index contributed by atoms with van der Waals surface area (Å²) in [5.74, 6) is -0.0549. The molecular formula is C24H20F4O3. The van der Waals surface area contributed by atoms with Gasteiger partial charge < -0.3 is 14.2 Å². The Morgan fingerprint density at radius 3 is 2.19 bits per heavy atom. The van der Waals surface area contributed by atoms with Gasteiger partial charge in [-0.05, 0) is 60.4 Å². The molecule has 7 heteroatoms. The summed E-state index contributed by atoms with van der Waals surface area (Å²) in [4.78, 5) is 0. The molecular weight excluding hydrogens is 412 g/mol. The maximum absolute atomic E-state index is 14.1. The van der Waals surface area contributed by atoms with Gasteiger partial charge in [-0.2, -0.15) is 0 Å². The fourth-order valence-corrected chi connectivity index (χ4v) is 3.37. The van der Waals surface area contributed by atoms with Gasteiger partial charge in [0.15, 0.2) is 11.6 Å². The van der Waals surface area contributed by atoms with E-state index in [0.717, 1.165) is 24.0 Å². The minimum Gasteiger partial charge on any atom is -0.454 e. The quantitative estimate of drug-likeness (QED) is 0.368. The maximum atomic E-state index is 14.1. The molecule has 0 heterocycles. The van der Waals surface area contributed by atoms with Crippen molar-refractivity contribution in [2.75, 3.05) is 6.61 Å². The number of benzene rings is 3. The second kappa shape index (κ2) is 8.59. The Morgan fingerprint density at radius 1 is 0.839 bits per heavy atom. The number of hydrogen-bond donors (Lipinski definition) is 0. The monoisotopic (exact) mass is 432 g/mol. The molecule has 31 heavy (non-hydrogen) atoms. The third kappa shape index (κ3) is 5.55. The number of halogens is 4. The molecule has 1 aliphatic carbocycles. The van der Waals surface area contributed by atoms with Crippen LogP contribution in [0.2, 0.25) is 0 Å². The lowest BCUT2D eigenvalue weighted by molar-refractivity contribution is -0.274. The summed E-state index contributed by atoms with van der Waals surface area (Å²) in [6.45, 7) is 0.682. The molecule has 0 N–H and O–H groups in total. The molecule has 0 spiro atoms. The van der Waals surface area contributed by atoms with Gasteiger partial charge in [-0.25, -0.2) is 4.39 Å². The SMILES string of the molecule is Fc1ccc(COCC2(c3ccc(OC(F)(F)F)cc3)CC2)cc1Oc1ccccc1. The Labute approximate surface area is 177 Å². The lowest BCUT2D eigenvalue weighted by Crippen LogP contribution is -2.18. The second-order valence-corrected chi connectivity index (χ2v) is 7.53. The van der Waals surface area contributed by atoms with Gasteiger partial charge in [-0.3, -0.25) is 0 Å². The molecule has 0 aromatic heterocycles. The first-order valence-electron chi connectivity index (χ1n) is 9.78. The van der Waals surface area contributed by atoms with Gasteiger partial charge in [-0.15, -0.1) is 13.2 Å². The Balaban J connectivity index is 1.35. The zero-order chi connectivity index (χ0) is 21.9. The minimum atomic E-state index is -4.71. The van der Waals surface area contributed by atoms with E-state index < -0.39 is 12.2 Å². The van der Waals surface area contributed by atoms with Gasteiger partial charge in [0.1, 0.15) is 11.5 Å². The molecule has 0 radical (unpaired) electrons. The van der Waals surface area contributed by atoms with E-state index in [1.165, 1.54) is 18.2 Å². The molecule has 0 bridgehead atoms. The van der Waals surface area contributed by atoms with E-state index in [0.29, 0.717) is 12.4 Å². The topological polar surface area (TPSA) is 27.7 Å². The van der Waals surface area contributed by atoms with Crippen LogP contribution in [0.25, 0.3) is 0 Å². The summed E-state index contributed by atoms with van der Waals surface area (Å²) >= 11 is 0. The highest BCUT2D eigenvalue weighted by atomic mass is 19.4. The van der Waals surface area contributed by atoms with Crippen LogP contribution < -0.4 is 9.47 Å². The molecule has 1 aliphatic rings. The summed E-state index contributed by atoms with van der Waals surface area (Å²) in [5, 5.41) is 0. The molecule has 0 amide bonds. The van der Waals surface area contributed by atoms with Crippen molar-refractivity contribution in [1.29, 1.82) is 0 Å². The maximum Gasteiger partial charge on any atom is 0.573 e. The number of alkyl halides is 3. The van der Waals surface area contributed by atoms with E-state index in [1.54, 1.807) is 48.5 Å². The highest BCUT2D eigenvalue weighted by molar-refractivity contribution is 5.37. The first-order chi connectivity index (χ1) is 14.8. The molecule has 0 saturated heterocycles. The van der Waals surface area contributed by atoms with Gasteiger partial charge in [0.05, 0.1) is 13.2 Å². The van der Waals surface area contributed by atoms with E-state index in [-0.39, 0.29) is 23.5 Å². The Kier molecular flexibility index (Phi) is 5.87. The van der Waals surface area contributed by atoms with Gasteiger partial charge in [0, 0.05) is 5.41 Å². The van der Waals surface area contributed by atoms with Crippen LogP contribution >= 0.6 is 0 Å². The third-order valence-electron chi connectivity index (χ3n) is 5.17. The average Bonchev–Trinajstić information content (AvgIpc) is 3.51. The van der Waals surface area contributed by atoms with Gasteiger partial charge >= 0.3 is 6.36 Å². The van der Waals surface area contributed by atoms with Crippen LogP contribution in [0.15, 0.2) is 72.8 Å². The first kappa shape index (κ1) is 21.2. The summed E-state index contributed by atoms with van der Waals surface area (Å²) < 4.78 is 66.4. The van der Waals surface area contributed by atoms with Crippen molar-refractivity contribution in [3.63, 3.8) is 0 Å². The highest BCUT2D eigenvalue weighted by Crippen LogP contribution is 2.49. The van der Waals surface area contributed by atoms with Crippen LogP contribution in [0.1, 0.15) is 24.0 Å². The van der Waals surface area contributed by atoms with Crippen molar-refractivity contribution in [3.8, 4) is 17.2 Å². The average molecular weight is 432 g/mol. The molecule has 0 aliphatic heterocycles. The third-order valence-corrected chi connectivity index (χ3v) is 5.17. The van der Waals surface area contributed by atoms with Crippen LogP contribution in [-0.2, 0) is 16.8 Å². The fourth-order valence-electron chi connectivity index (χ4n) is 3.37. The van der Waals surface area contributed by atoms with Gasteiger partial charge in [-0.1, -0.05) is 36.4 Å². The Hall–Kier alpha value is -3.06. The molecule has 3 aromatic carbocycles. The lowest BCUT2D eigenvalue weighted by atomic mass is 9.97. The van der Waals surface area contributed by atoms with E-state index in [9.17, 15) is 17.6 Å². The summed E-state index contributed by atoms with van der Waals surface area (Å²) in [6, 6.07) is 19.4. The number of rotatable bonds is 8. The molecule has 1 fully saturated rings. The molecule has 0 atom stereocenters. The Morgan fingerprint density at radius 2 is 1.55 bits per heavy atom. The normalized spacial score (nSPS) is 14.8. The number of ether oxygens (including phenoxy) is 3. The zero-order valence-electron chi connectivity index (χ0n) is 16.5. The second-order valence-electron chi connectivity index (χ2n) is 7.53. The van der Waals surface area contributed by atoms with E-state index in [1.807, 2.05) is 6.07 Å². The zero-order valence-corrected chi connectivity index (χ0v) is 16.5. The molecule has 0 unspecified atom stereocenters. The number of hydrogen-bond acceptors (Lipinski definition) is 3. The smallest absolute Gasteiger partial charge is 0.454 e. The summed E-state index contributed by atoms with van der Waals surface area (Å²) in [6.07, 6.45) is -2.93. The minimum absolute atomic E-state index is 0.119. The van der Waals surface area contributed by atoms with Crippen molar-refractivity contribution < 1.29 is 31.8 Å². The first-order valence-corrected chi connectivity index (χ1v) is 9.78.